The third-order valence-corrected chi connectivity index (χ3v) is 5.70. The average molecular weight is 336 g/mol. The second-order valence-corrected chi connectivity index (χ2v) is 7.68. The van der Waals surface area contributed by atoms with Gasteiger partial charge in [-0.05, 0) is 73.0 Å². The van der Waals surface area contributed by atoms with Gasteiger partial charge in [0.2, 0.25) is 0 Å². The van der Waals surface area contributed by atoms with Crippen molar-refractivity contribution in [3.63, 3.8) is 0 Å². The zero-order valence-electron chi connectivity index (χ0n) is 15.3. The first kappa shape index (κ1) is 16.4. The van der Waals surface area contributed by atoms with Crippen LogP contribution in [0.15, 0.2) is 36.8 Å². The molecule has 2 aromatic heterocycles. The minimum atomic E-state index is 0.580. The molecule has 25 heavy (non-hydrogen) atoms. The second kappa shape index (κ2) is 7.04. The summed E-state index contributed by atoms with van der Waals surface area (Å²) in [5.41, 5.74) is 5.54. The van der Waals surface area contributed by atoms with E-state index in [1.165, 1.54) is 53.5 Å². The molecule has 3 aromatic rings. The molecule has 0 spiro atoms. The summed E-state index contributed by atoms with van der Waals surface area (Å²) in [5, 5.41) is 8.37. The Bertz CT molecular complexity index is 808. The van der Waals surface area contributed by atoms with Crippen LogP contribution in [0.1, 0.15) is 55.2 Å². The van der Waals surface area contributed by atoms with Crippen molar-refractivity contribution in [3.05, 3.63) is 53.5 Å². The van der Waals surface area contributed by atoms with E-state index >= 15 is 0 Å². The molecule has 4 heteroatoms. The molecule has 1 aliphatic rings. The Kier molecular flexibility index (Phi) is 4.62. The fraction of sp³-hybridized carbons (Fsp3) is 0.476. The first-order chi connectivity index (χ1) is 12.2. The molecule has 1 aromatic carbocycles. The van der Waals surface area contributed by atoms with Gasteiger partial charge in [0.05, 0.1) is 6.20 Å². The number of benzene rings is 1. The standard InChI is InChI=1S/C21H28N4/c1-15(2)18-3-4-21-19(11-18)20(14-22-21)17-6-9-25(10-7-17)8-5-16-12-23-24-13-16/h3-4,11-15,17,22H,5-10H2,1-2H3,(H,23,24). The van der Waals surface area contributed by atoms with Crippen LogP contribution in [0.25, 0.3) is 10.9 Å². The molecule has 1 saturated heterocycles. The van der Waals surface area contributed by atoms with Gasteiger partial charge in [0.15, 0.2) is 0 Å². The smallest absolute Gasteiger partial charge is 0.0519 e. The molecule has 0 unspecified atom stereocenters. The molecule has 0 saturated carbocycles. The highest BCUT2D eigenvalue weighted by Crippen LogP contribution is 2.34. The second-order valence-electron chi connectivity index (χ2n) is 7.68. The zero-order valence-corrected chi connectivity index (χ0v) is 15.3. The molecule has 0 amide bonds. The van der Waals surface area contributed by atoms with Gasteiger partial charge in [-0.2, -0.15) is 5.10 Å². The van der Waals surface area contributed by atoms with Crippen molar-refractivity contribution in [3.8, 4) is 0 Å². The van der Waals surface area contributed by atoms with E-state index in [9.17, 15) is 0 Å². The van der Waals surface area contributed by atoms with Gasteiger partial charge in [-0.15, -0.1) is 0 Å². The predicted molar refractivity (Wildman–Crippen MR) is 103 cm³/mol. The third kappa shape index (κ3) is 3.49. The van der Waals surface area contributed by atoms with Gasteiger partial charge >= 0.3 is 0 Å². The first-order valence-corrected chi connectivity index (χ1v) is 9.51. The average Bonchev–Trinajstić information content (AvgIpc) is 3.29. The van der Waals surface area contributed by atoms with Crippen LogP contribution in [0.3, 0.4) is 0 Å². The molecule has 2 N–H and O–H groups in total. The molecule has 1 fully saturated rings. The van der Waals surface area contributed by atoms with Crippen LogP contribution in [0, 0.1) is 0 Å². The lowest BCUT2D eigenvalue weighted by Gasteiger charge is -2.31. The van der Waals surface area contributed by atoms with E-state index in [-0.39, 0.29) is 0 Å². The van der Waals surface area contributed by atoms with Crippen molar-refractivity contribution in [1.82, 2.24) is 20.1 Å². The van der Waals surface area contributed by atoms with Gasteiger partial charge in [0.1, 0.15) is 0 Å². The number of aromatic nitrogens is 3. The zero-order chi connectivity index (χ0) is 17.2. The highest BCUT2D eigenvalue weighted by molar-refractivity contribution is 5.84. The molecule has 4 nitrogen and oxygen atoms in total. The van der Waals surface area contributed by atoms with Crippen LogP contribution in [-0.4, -0.2) is 39.7 Å². The number of H-pyrrole nitrogens is 2. The molecule has 0 atom stereocenters. The molecule has 132 valence electrons. The van der Waals surface area contributed by atoms with Crippen molar-refractivity contribution >= 4 is 10.9 Å². The monoisotopic (exact) mass is 336 g/mol. The van der Waals surface area contributed by atoms with Crippen LogP contribution in [0.5, 0.6) is 0 Å². The number of rotatable bonds is 5. The van der Waals surface area contributed by atoms with Crippen LogP contribution in [0.2, 0.25) is 0 Å². The molecule has 3 heterocycles. The Morgan fingerprint density at radius 1 is 1.20 bits per heavy atom. The van der Waals surface area contributed by atoms with E-state index in [2.05, 4.69) is 58.3 Å². The first-order valence-electron chi connectivity index (χ1n) is 9.51. The summed E-state index contributed by atoms with van der Waals surface area (Å²) in [7, 11) is 0. The van der Waals surface area contributed by atoms with Gasteiger partial charge in [-0.25, -0.2) is 0 Å². The van der Waals surface area contributed by atoms with Crippen LogP contribution in [0.4, 0.5) is 0 Å². The van der Waals surface area contributed by atoms with Gasteiger partial charge in [0.25, 0.3) is 0 Å². The Morgan fingerprint density at radius 3 is 2.76 bits per heavy atom. The number of hydrogen-bond acceptors (Lipinski definition) is 2. The number of likely N-dealkylation sites (tertiary alicyclic amines) is 1. The molecule has 1 aliphatic heterocycles. The highest BCUT2D eigenvalue weighted by Gasteiger charge is 2.22. The summed E-state index contributed by atoms with van der Waals surface area (Å²) < 4.78 is 0. The number of piperidine rings is 1. The van der Waals surface area contributed by atoms with E-state index in [0.29, 0.717) is 11.8 Å². The van der Waals surface area contributed by atoms with Gasteiger partial charge in [-0.3, -0.25) is 5.10 Å². The summed E-state index contributed by atoms with van der Waals surface area (Å²) in [6.45, 7) is 8.06. The van der Waals surface area contributed by atoms with Gasteiger partial charge in [-0.1, -0.05) is 19.9 Å². The number of hydrogen-bond donors (Lipinski definition) is 2. The Hall–Kier alpha value is -2.07. The number of nitrogens with zero attached hydrogens (tertiary/aromatic N) is 2. The number of nitrogens with one attached hydrogen (secondary N) is 2. The van der Waals surface area contributed by atoms with Crippen molar-refractivity contribution in [2.45, 2.75) is 44.9 Å². The highest BCUT2D eigenvalue weighted by atomic mass is 15.1. The van der Waals surface area contributed by atoms with E-state index in [1.54, 1.807) is 0 Å². The molecule has 0 aliphatic carbocycles. The summed E-state index contributed by atoms with van der Waals surface area (Å²) >= 11 is 0. The van der Waals surface area contributed by atoms with E-state index in [1.807, 2.05) is 12.4 Å². The topological polar surface area (TPSA) is 47.7 Å². The van der Waals surface area contributed by atoms with Crippen molar-refractivity contribution < 1.29 is 0 Å². The molecular weight excluding hydrogens is 308 g/mol. The molecule has 0 bridgehead atoms. The van der Waals surface area contributed by atoms with E-state index in [4.69, 9.17) is 0 Å². The van der Waals surface area contributed by atoms with Crippen LogP contribution in [-0.2, 0) is 6.42 Å². The maximum absolute atomic E-state index is 4.03. The Balaban J connectivity index is 1.42. The SMILES string of the molecule is CC(C)c1ccc2[nH]cc(C3CCN(CCc4cn[nH]c4)CC3)c2c1. The molecule has 0 radical (unpaired) electrons. The van der Waals surface area contributed by atoms with Crippen LogP contribution < -0.4 is 0 Å². The van der Waals surface area contributed by atoms with E-state index in [0.717, 1.165) is 13.0 Å². The fourth-order valence-corrected chi connectivity index (χ4v) is 4.03. The molecule has 4 rings (SSSR count). The lowest BCUT2D eigenvalue weighted by Crippen LogP contribution is -2.34. The maximum Gasteiger partial charge on any atom is 0.0519 e. The Morgan fingerprint density at radius 2 is 2.04 bits per heavy atom. The maximum atomic E-state index is 4.03. The summed E-state index contributed by atoms with van der Waals surface area (Å²) in [6, 6.07) is 6.90. The van der Waals surface area contributed by atoms with Crippen molar-refractivity contribution in [1.29, 1.82) is 0 Å². The van der Waals surface area contributed by atoms with Crippen molar-refractivity contribution in [2.24, 2.45) is 0 Å². The number of fused-ring (bicyclic) bond motifs is 1. The minimum absolute atomic E-state index is 0.580. The third-order valence-electron chi connectivity index (χ3n) is 5.70. The van der Waals surface area contributed by atoms with Crippen molar-refractivity contribution in [2.75, 3.05) is 19.6 Å². The lowest BCUT2D eigenvalue weighted by molar-refractivity contribution is 0.215. The number of aromatic amines is 2. The van der Waals surface area contributed by atoms with E-state index < -0.39 is 0 Å². The largest absolute Gasteiger partial charge is 0.361 e. The summed E-state index contributed by atoms with van der Waals surface area (Å²) in [4.78, 5) is 6.08. The fourth-order valence-electron chi connectivity index (χ4n) is 4.03. The quantitative estimate of drug-likeness (QED) is 0.724. The minimum Gasteiger partial charge on any atom is -0.361 e. The summed E-state index contributed by atoms with van der Waals surface area (Å²) in [6.07, 6.45) is 9.79. The summed E-state index contributed by atoms with van der Waals surface area (Å²) in [5.74, 6) is 1.26. The van der Waals surface area contributed by atoms with Gasteiger partial charge in [0, 0.05) is 29.8 Å². The predicted octanol–water partition coefficient (Wildman–Crippen LogP) is 4.44. The lowest BCUT2D eigenvalue weighted by atomic mass is 9.88. The Labute approximate surface area is 149 Å². The normalized spacial score (nSPS) is 16.9. The van der Waals surface area contributed by atoms with Crippen LogP contribution >= 0.6 is 0 Å². The van der Waals surface area contributed by atoms with Gasteiger partial charge < -0.3 is 9.88 Å². The molecular formula is C21H28N4.